The summed E-state index contributed by atoms with van der Waals surface area (Å²) in [6, 6.07) is 6.36. The van der Waals surface area contributed by atoms with Crippen molar-refractivity contribution in [2.24, 2.45) is 0 Å². The second-order valence-corrected chi connectivity index (χ2v) is 5.13. The molecule has 0 aliphatic heterocycles. The fraction of sp³-hybridized carbons (Fsp3) is 0.429. The average molecular weight is 322 g/mol. The standard InChI is InChI=1S/C14H19N5O4/c1-10(22-14-11(2)17-23-18-14)9-15-7-8-16-12-3-5-13(6-4-12)19(20)21/h3-6,10,15-16H,7-9H2,1-2H3/p+1/t10-/m1/s1. The number of aryl methyl sites for hydroxylation is 1. The Morgan fingerprint density at radius 2 is 2.13 bits per heavy atom. The van der Waals surface area contributed by atoms with Crippen LogP contribution in [0.4, 0.5) is 11.4 Å². The number of nitro benzene ring substituents is 1. The van der Waals surface area contributed by atoms with Crippen molar-refractivity contribution >= 4 is 11.4 Å². The van der Waals surface area contributed by atoms with Crippen molar-refractivity contribution in [3.05, 3.63) is 40.1 Å². The molecule has 2 aromatic rings. The average Bonchev–Trinajstić information content (AvgIpc) is 2.92. The number of nitro groups is 1. The third kappa shape index (κ3) is 5.22. The predicted octanol–water partition coefficient (Wildman–Crippen LogP) is 0.729. The van der Waals surface area contributed by atoms with Crippen LogP contribution < -0.4 is 15.4 Å². The summed E-state index contributed by atoms with van der Waals surface area (Å²) < 4.78 is 10.2. The number of nitrogens with zero attached hydrogens (tertiary/aromatic N) is 3. The fourth-order valence-corrected chi connectivity index (χ4v) is 1.94. The van der Waals surface area contributed by atoms with Crippen LogP contribution in [-0.2, 0) is 0 Å². The Morgan fingerprint density at radius 3 is 2.74 bits per heavy atom. The molecule has 0 fully saturated rings. The lowest BCUT2D eigenvalue weighted by Gasteiger charge is -2.11. The van der Waals surface area contributed by atoms with Crippen LogP contribution in [0.1, 0.15) is 12.6 Å². The Kier molecular flexibility index (Phi) is 5.87. The summed E-state index contributed by atoms with van der Waals surface area (Å²) in [6.07, 6.45) is -0.0139. The molecule has 1 aromatic carbocycles. The van der Waals surface area contributed by atoms with Gasteiger partial charge in [-0.25, -0.2) is 4.63 Å². The van der Waals surface area contributed by atoms with Gasteiger partial charge >= 0.3 is 0 Å². The zero-order chi connectivity index (χ0) is 16.7. The Hall–Kier alpha value is -2.68. The molecule has 0 saturated heterocycles. The third-order valence-corrected chi connectivity index (χ3v) is 3.18. The number of hydrogen-bond acceptors (Lipinski definition) is 7. The molecule has 0 saturated carbocycles. The van der Waals surface area contributed by atoms with Crippen LogP contribution in [-0.4, -0.2) is 41.0 Å². The van der Waals surface area contributed by atoms with Crippen LogP contribution in [0.2, 0.25) is 0 Å². The summed E-state index contributed by atoms with van der Waals surface area (Å²) in [6.45, 7) is 6.09. The number of hydrogen-bond donors (Lipinski definition) is 2. The first kappa shape index (κ1) is 16.7. The van der Waals surface area contributed by atoms with Crippen LogP contribution in [0.25, 0.3) is 0 Å². The molecular formula is C14H20N5O4+. The molecule has 2 rings (SSSR count). The third-order valence-electron chi connectivity index (χ3n) is 3.18. The van der Waals surface area contributed by atoms with Gasteiger partial charge in [0.25, 0.3) is 11.6 Å². The number of nitrogens with two attached hydrogens (primary N) is 1. The maximum atomic E-state index is 10.6. The second kappa shape index (κ2) is 8.08. The highest BCUT2D eigenvalue weighted by Crippen LogP contribution is 2.14. The van der Waals surface area contributed by atoms with Crippen LogP contribution >= 0.6 is 0 Å². The topological polar surface area (TPSA) is 120 Å². The minimum Gasteiger partial charge on any atom is -0.465 e. The molecule has 1 heterocycles. The number of non-ortho nitro benzene ring substituents is 1. The van der Waals surface area contributed by atoms with Crippen molar-refractivity contribution in [2.75, 3.05) is 25.0 Å². The van der Waals surface area contributed by atoms with Crippen LogP contribution in [0.5, 0.6) is 5.88 Å². The van der Waals surface area contributed by atoms with Crippen molar-refractivity contribution in [2.45, 2.75) is 20.0 Å². The number of ether oxygens (including phenoxy) is 1. The molecule has 0 amide bonds. The number of quaternary nitrogens is 1. The molecule has 9 heteroatoms. The summed E-state index contributed by atoms with van der Waals surface area (Å²) in [4.78, 5) is 10.2. The van der Waals surface area contributed by atoms with Crippen LogP contribution in [0, 0.1) is 17.0 Å². The Morgan fingerprint density at radius 1 is 1.39 bits per heavy atom. The molecule has 1 atom stereocenters. The molecule has 0 radical (unpaired) electrons. The van der Waals surface area contributed by atoms with Crippen molar-refractivity contribution in [3.8, 4) is 5.88 Å². The first-order valence-corrected chi connectivity index (χ1v) is 7.32. The maximum absolute atomic E-state index is 10.6. The lowest BCUT2D eigenvalue weighted by molar-refractivity contribution is -0.657. The van der Waals surface area contributed by atoms with Crippen molar-refractivity contribution in [1.82, 2.24) is 10.3 Å². The van der Waals surface area contributed by atoms with E-state index in [9.17, 15) is 10.1 Å². The monoisotopic (exact) mass is 322 g/mol. The normalized spacial score (nSPS) is 11.9. The SMILES string of the molecule is Cc1nonc1O[C@H](C)C[NH2+]CCNc1ccc([N+](=O)[O-])cc1. The first-order valence-electron chi connectivity index (χ1n) is 7.32. The van der Waals surface area contributed by atoms with Gasteiger partial charge in [0.2, 0.25) is 0 Å². The Bertz CT molecular complexity index is 628. The molecule has 0 bridgehead atoms. The summed E-state index contributed by atoms with van der Waals surface area (Å²) in [5, 5.41) is 23.2. The fourth-order valence-electron chi connectivity index (χ4n) is 1.94. The smallest absolute Gasteiger partial charge is 0.279 e. The first-order chi connectivity index (χ1) is 11.1. The highest BCUT2D eigenvalue weighted by Gasteiger charge is 2.12. The zero-order valence-corrected chi connectivity index (χ0v) is 13.1. The van der Waals surface area contributed by atoms with E-state index in [4.69, 9.17) is 4.74 Å². The lowest BCUT2D eigenvalue weighted by atomic mass is 10.3. The van der Waals surface area contributed by atoms with Crippen molar-refractivity contribution in [1.29, 1.82) is 0 Å². The van der Waals surface area contributed by atoms with E-state index in [1.807, 2.05) is 6.92 Å². The molecule has 1 aromatic heterocycles. The summed E-state index contributed by atoms with van der Waals surface area (Å²) in [5.74, 6) is 0.426. The van der Waals surface area contributed by atoms with Gasteiger partial charge in [0.1, 0.15) is 18.3 Å². The van der Waals surface area contributed by atoms with E-state index in [-0.39, 0.29) is 11.8 Å². The van der Waals surface area contributed by atoms with Crippen LogP contribution in [0.15, 0.2) is 28.9 Å². The summed E-state index contributed by atoms with van der Waals surface area (Å²) >= 11 is 0. The summed E-state index contributed by atoms with van der Waals surface area (Å²) in [5.41, 5.74) is 1.58. The predicted molar refractivity (Wildman–Crippen MR) is 82.4 cm³/mol. The highest BCUT2D eigenvalue weighted by atomic mass is 16.6. The molecule has 124 valence electrons. The summed E-state index contributed by atoms with van der Waals surface area (Å²) in [7, 11) is 0. The molecule has 0 aliphatic rings. The quantitative estimate of drug-likeness (QED) is 0.396. The highest BCUT2D eigenvalue weighted by molar-refractivity contribution is 5.48. The molecule has 3 N–H and O–H groups in total. The number of benzene rings is 1. The van der Waals surface area contributed by atoms with Gasteiger partial charge in [-0.3, -0.25) is 10.1 Å². The van der Waals surface area contributed by atoms with E-state index in [1.54, 1.807) is 19.1 Å². The van der Waals surface area contributed by atoms with Gasteiger partial charge in [0.15, 0.2) is 0 Å². The molecule has 0 spiro atoms. The van der Waals surface area contributed by atoms with Crippen molar-refractivity contribution in [3.63, 3.8) is 0 Å². The van der Waals surface area contributed by atoms with Crippen molar-refractivity contribution < 1.29 is 19.6 Å². The number of aromatic nitrogens is 2. The van der Waals surface area contributed by atoms with Gasteiger partial charge in [0.05, 0.1) is 18.0 Å². The zero-order valence-electron chi connectivity index (χ0n) is 13.1. The maximum Gasteiger partial charge on any atom is 0.279 e. The molecule has 0 aliphatic carbocycles. The van der Waals surface area contributed by atoms with Gasteiger partial charge in [-0.2, -0.15) is 0 Å². The minimum absolute atomic E-state index is 0.0139. The van der Waals surface area contributed by atoms with Gasteiger partial charge in [-0.1, -0.05) is 5.16 Å². The van der Waals surface area contributed by atoms with E-state index in [1.165, 1.54) is 12.1 Å². The molecular weight excluding hydrogens is 302 g/mol. The van der Waals surface area contributed by atoms with Gasteiger partial charge < -0.3 is 15.4 Å². The lowest BCUT2D eigenvalue weighted by Crippen LogP contribution is -2.87. The van der Waals surface area contributed by atoms with Crippen LogP contribution in [0.3, 0.4) is 0 Å². The minimum atomic E-state index is -0.412. The molecule has 23 heavy (non-hydrogen) atoms. The van der Waals surface area contributed by atoms with E-state index in [0.29, 0.717) is 11.6 Å². The van der Waals surface area contributed by atoms with E-state index >= 15 is 0 Å². The van der Waals surface area contributed by atoms with E-state index in [0.717, 1.165) is 25.3 Å². The second-order valence-electron chi connectivity index (χ2n) is 5.13. The van der Waals surface area contributed by atoms with Gasteiger partial charge in [0, 0.05) is 17.8 Å². The molecule has 0 unspecified atom stereocenters. The number of rotatable bonds is 9. The van der Waals surface area contributed by atoms with E-state index in [2.05, 4.69) is 25.6 Å². The number of nitrogens with one attached hydrogen (secondary N) is 1. The van der Waals surface area contributed by atoms with E-state index < -0.39 is 4.92 Å². The Balaban J connectivity index is 1.62. The largest absolute Gasteiger partial charge is 0.465 e. The van der Waals surface area contributed by atoms with Gasteiger partial charge in [-0.05, 0) is 31.1 Å². The molecule has 9 nitrogen and oxygen atoms in total. The van der Waals surface area contributed by atoms with Gasteiger partial charge in [-0.15, -0.1) is 0 Å². The number of anilines is 1. The Labute approximate surface area is 133 Å².